The molecule has 2 amide bonds. The number of amides is 2. The first-order valence-electron chi connectivity index (χ1n) is 9.04. The van der Waals surface area contributed by atoms with Crippen LogP contribution in [0.1, 0.15) is 24.1 Å². The van der Waals surface area contributed by atoms with Crippen molar-refractivity contribution in [1.82, 2.24) is 5.01 Å². The van der Waals surface area contributed by atoms with Crippen LogP contribution in [-0.4, -0.2) is 34.9 Å². The summed E-state index contributed by atoms with van der Waals surface area (Å²) in [5, 5.41) is 5.97. The molecule has 5 rings (SSSR count). The quantitative estimate of drug-likeness (QED) is 0.753. The number of hydrogen-bond acceptors (Lipinski definition) is 5. The van der Waals surface area contributed by atoms with Crippen LogP contribution in [0.15, 0.2) is 53.6 Å². The molecule has 7 heteroatoms. The van der Waals surface area contributed by atoms with Crippen LogP contribution < -0.4 is 4.90 Å². The average molecular weight is 377 g/mol. The van der Waals surface area contributed by atoms with Crippen molar-refractivity contribution in [3.8, 4) is 0 Å². The van der Waals surface area contributed by atoms with E-state index in [1.165, 1.54) is 25.1 Å². The van der Waals surface area contributed by atoms with Gasteiger partial charge in [0, 0.05) is 0 Å². The number of imide groups is 1. The normalized spacial score (nSPS) is 27.6. The molecule has 3 aliphatic rings. The lowest BCUT2D eigenvalue weighted by Crippen LogP contribution is -2.44. The SMILES string of the molecule is CC(=O)C1C2C(=O)N(c3ccccc3F)C(=O)C2C2c3ccccc3C=NN12. The lowest BCUT2D eigenvalue weighted by molar-refractivity contribution is -0.129. The molecule has 2 fully saturated rings. The largest absolute Gasteiger partial charge is 0.298 e. The van der Waals surface area contributed by atoms with Crippen LogP contribution in [0.2, 0.25) is 0 Å². The van der Waals surface area contributed by atoms with Gasteiger partial charge in [0.15, 0.2) is 5.78 Å². The van der Waals surface area contributed by atoms with Gasteiger partial charge in [-0.3, -0.25) is 19.4 Å². The van der Waals surface area contributed by atoms with Gasteiger partial charge in [-0.15, -0.1) is 0 Å². The number of halogens is 1. The van der Waals surface area contributed by atoms with Gasteiger partial charge in [-0.2, -0.15) is 5.10 Å². The van der Waals surface area contributed by atoms with E-state index in [9.17, 15) is 18.8 Å². The number of nitrogens with zero attached hydrogens (tertiary/aromatic N) is 3. The van der Waals surface area contributed by atoms with Gasteiger partial charge in [-0.1, -0.05) is 36.4 Å². The van der Waals surface area contributed by atoms with Crippen LogP contribution in [0, 0.1) is 17.7 Å². The van der Waals surface area contributed by atoms with Gasteiger partial charge in [0.1, 0.15) is 11.9 Å². The fourth-order valence-corrected chi connectivity index (χ4v) is 4.69. The van der Waals surface area contributed by atoms with Gasteiger partial charge in [-0.25, -0.2) is 9.29 Å². The molecular weight excluding hydrogens is 361 g/mol. The molecule has 140 valence electrons. The summed E-state index contributed by atoms with van der Waals surface area (Å²) in [4.78, 5) is 39.9. The standard InChI is InChI=1S/C21H16FN3O3/c1-11(26)18-16-17(19-13-7-3-2-6-12(13)10-23-25(18)19)21(28)24(20(16)27)15-9-5-4-8-14(15)22/h2-10,16-19H,1H3. The third-order valence-electron chi connectivity index (χ3n) is 5.80. The number of fused-ring (bicyclic) bond motifs is 5. The van der Waals surface area contributed by atoms with Crippen LogP contribution in [0.5, 0.6) is 0 Å². The highest BCUT2D eigenvalue weighted by Crippen LogP contribution is 2.52. The van der Waals surface area contributed by atoms with E-state index >= 15 is 0 Å². The minimum Gasteiger partial charge on any atom is -0.298 e. The van der Waals surface area contributed by atoms with E-state index in [1.54, 1.807) is 17.3 Å². The number of hydrazone groups is 1. The Balaban J connectivity index is 1.67. The van der Waals surface area contributed by atoms with Crippen LogP contribution in [0.25, 0.3) is 0 Å². The Bertz CT molecular complexity index is 1070. The number of carbonyl (C=O) groups is 3. The molecule has 3 heterocycles. The minimum absolute atomic E-state index is 0.0756. The highest BCUT2D eigenvalue weighted by molar-refractivity contribution is 6.24. The third kappa shape index (κ3) is 2.07. The van der Waals surface area contributed by atoms with E-state index < -0.39 is 41.6 Å². The van der Waals surface area contributed by atoms with Crippen molar-refractivity contribution in [2.75, 3.05) is 4.90 Å². The Morgan fingerprint density at radius 2 is 1.68 bits per heavy atom. The van der Waals surface area contributed by atoms with Crippen LogP contribution in [0.3, 0.4) is 0 Å². The summed E-state index contributed by atoms with van der Waals surface area (Å²) >= 11 is 0. The first-order valence-corrected chi connectivity index (χ1v) is 9.04. The smallest absolute Gasteiger partial charge is 0.240 e. The topological polar surface area (TPSA) is 70.0 Å². The van der Waals surface area contributed by atoms with Crippen molar-refractivity contribution in [1.29, 1.82) is 0 Å². The summed E-state index contributed by atoms with van der Waals surface area (Å²) < 4.78 is 14.3. The van der Waals surface area contributed by atoms with Gasteiger partial charge < -0.3 is 0 Å². The molecule has 0 radical (unpaired) electrons. The summed E-state index contributed by atoms with van der Waals surface area (Å²) in [7, 11) is 0. The Kier molecular flexibility index (Phi) is 3.49. The molecule has 4 atom stereocenters. The van der Waals surface area contributed by atoms with E-state index in [4.69, 9.17) is 0 Å². The number of anilines is 1. The summed E-state index contributed by atoms with van der Waals surface area (Å²) in [5.74, 6) is -3.63. The maximum atomic E-state index is 14.3. The number of para-hydroxylation sites is 1. The molecule has 0 N–H and O–H groups in total. The predicted octanol–water partition coefficient (Wildman–Crippen LogP) is 2.29. The number of ketones is 1. The third-order valence-corrected chi connectivity index (χ3v) is 5.80. The van der Waals surface area contributed by atoms with Crippen molar-refractivity contribution in [2.24, 2.45) is 16.9 Å². The second-order valence-corrected chi connectivity index (χ2v) is 7.27. The van der Waals surface area contributed by atoms with E-state index in [1.807, 2.05) is 24.3 Å². The van der Waals surface area contributed by atoms with Crippen molar-refractivity contribution < 1.29 is 18.8 Å². The summed E-state index contributed by atoms with van der Waals surface area (Å²) in [6.07, 6.45) is 1.65. The van der Waals surface area contributed by atoms with E-state index in [2.05, 4.69) is 5.10 Å². The van der Waals surface area contributed by atoms with Crippen molar-refractivity contribution in [3.05, 3.63) is 65.5 Å². The molecule has 0 aromatic heterocycles. The van der Waals surface area contributed by atoms with E-state index in [0.717, 1.165) is 16.0 Å². The van der Waals surface area contributed by atoms with Crippen molar-refractivity contribution in [3.63, 3.8) is 0 Å². The van der Waals surface area contributed by atoms with Gasteiger partial charge in [0.2, 0.25) is 11.8 Å². The van der Waals surface area contributed by atoms with Crippen LogP contribution in [0.4, 0.5) is 10.1 Å². The molecule has 0 bridgehead atoms. The molecule has 2 aromatic rings. The predicted molar refractivity (Wildman–Crippen MR) is 99.0 cm³/mol. The van der Waals surface area contributed by atoms with Crippen LogP contribution >= 0.6 is 0 Å². The number of hydrogen-bond donors (Lipinski definition) is 0. The molecule has 28 heavy (non-hydrogen) atoms. The Labute approximate surface area is 160 Å². The zero-order chi connectivity index (χ0) is 19.6. The Morgan fingerprint density at radius 1 is 1.00 bits per heavy atom. The maximum Gasteiger partial charge on any atom is 0.240 e. The second-order valence-electron chi connectivity index (χ2n) is 7.27. The molecular formula is C21H16FN3O3. The molecule has 0 aliphatic carbocycles. The summed E-state index contributed by atoms with van der Waals surface area (Å²) in [6, 6.07) is 11.8. The fraction of sp³-hybridized carbons (Fsp3) is 0.238. The molecule has 4 unspecified atom stereocenters. The summed E-state index contributed by atoms with van der Waals surface area (Å²) in [5.41, 5.74) is 1.61. The molecule has 0 spiro atoms. The second kappa shape index (κ2) is 5.82. The molecule has 3 aliphatic heterocycles. The van der Waals surface area contributed by atoms with Crippen molar-refractivity contribution >= 4 is 29.5 Å². The lowest BCUT2D eigenvalue weighted by Gasteiger charge is -2.33. The monoisotopic (exact) mass is 377 g/mol. The number of Topliss-reactive ketones (excluding diaryl/α,β-unsaturated/α-hetero) is 1. The Morgan fingerprint density at radius 3 is 2.43 bits per heavy atom. The minimum atomic E-state index is -0.891. The molecule has 2 aromatic carbocycles. The number of rotatable bonds is 2. The van der Waals surface area contributed by atoms with Crippen LogP contribution in [-0.2, 0) is 14.4 Å². The highest BCUT2D eigenvalue weighted by Gasteiger charge is 2.65. The zero-order valence-electron chi connectivity index (χ0n) is 14.9. The number of carbonyl (C=O) groups excluding carboxylic acids is 3. The first kappa shape index (κ1) is 16.8. The van der Waals surface area contributed by atoms with Gasteiger partial charge in [0.25, 0.3) is 0 Å². The van der Waals surface area contributed by atoms with E-state index in [-0.39, 0.29) is 11.5 Å². The zero-order valence-corrected chi connectivity index (χ0v) is 14.9. The first-order chi connectivity index (χ1) is 13.5. The molecule has 0 saturated carbocycles. The molecule has 2 saturated heterocycles. The summed E-state index contributed by atoms with van der Waals surface area (Å²) in [6.45, 7) is 1.39. The van der Waals surface area contributed by atoms with Gasteiger partial charge >= 0.3 is 0 Å². The highest BCUT2D eigenvalue weighted by atomic mass is 19.1. The van der Waals surface area contributed by atoms with Gasteiger partial charge in [-0.05, 0) is 30.2 Å². The fourth-order valence-electron chi connectivity index (χ4n) is 4.69. The van der Waals surface area contributed by atoms with Crippen molar-refractivity contribution in [2.45, 2.75) is 19.0 Å². The average Bonchev–Trinajstić information content (AvgIpc) is 3.16. The maximum absolute atomic E-state index is 14.3. The lowest BCUT2D eigenvalue weighted by atomic mass is 9.84. The Hall–Kier alpha value is -3.35. The van der Waals surface area contributed by atoms with E-state index in [0.29, 0.717) is 0 Å². The molecule has 6 nitrogen and oxygen atoms in total. The number of benzene rings is 2. The van der Waals surface area contributed by atoms with Gasteiger partial charge in [0.05, 0.1) is 29.8 Å².